The third kappa shape index (κ3) is 1.79. The highest BCUT2D eigenvalue weighted by atomic mass is 32.2. The van der Waals surface area contributed by atoms with E-state index >= 15 is 0 Å². The van der Waals surface area contributed by atoms with Crippen molar-refractivity contribution in [2.24, 2.45) is 5.41 Å². The molecule has 0 radical (unpaired) electrons. The highest BCUT2D eigenvalue weighted by Gasteiger charge is 2.49. The molecule has 1 aromatic carbocycles. The summed E-state index contributed by atoms with van der Waals surface area (Å²) in [5.74, 6) is 0. The minimum Gasteiger partial charge on any atom is -0.207 e. The van der Waals surface area contributed by atoms with Crippen LogP contribution >= 0.6 is 0 Å². The topological polar surface area (TPSA) is 37.4 Å². The molecule has 98 valence electrons. The molecular formula is C14H19NO2S. The lowest BCUT2D eigenvalue weighted by Crippen LogP contribution is -2.37. The van der Waals surface area contributed by atoms with E-state index in [2.05, 4.69) is 0 Å². The second kappa shape index (κ2) is 4.07. The summed E-state index contributed by atoms with van der Waals surface area (Å²) < 4.78 is 26.9. The maximum absolute atomic E-state index is 12.6. The highest BCUT2D eigenvalue weighted by Crippen LogP contribution is 2.51. The summed E-state index contributed by atoms with van der Waals surface area (Å²) >= 11 is 0. The molecule has 3 rings (SSSR count). The van der Waals surface area contributed by atoms with Gasteiger partial charge in [0.2, 0.25) is 10.0 Å². The summed E-state index contributed by atoms with van der Waals surface area (Å²) in [6, 6.07) is 8.93. The minimum atomic E-state index is -3.30. The minimum absolute atomic E-state index is 0.135. The molecule has 3 nitrogen and oxygen atoms in total. The van der Waals surface area contributed by atoms with Gasteiger partial charge in [0.1, 0.15) is 0 Å². The molecule has 1 atom stereocenters. The first-order valence-electron chi connectivity index (χ1n) is 6.60. The molecular weight excluding hydrogens is 246 g/mol. The number of hydrogen-bond acceptors (Lipinski definition) is 2. The van der Waals surface area contributed by atoms with E-state index in [9.17, 15) is 8.42 Å². The SMILES string of the molecule is C[C@@H]1CC2(CCC2)CN1S(=O)(=O)c1ccccc1. The second-order valence-electron chi connectivity index (χ2n) is 5.77. The molecule has 1 aliphatic heterocycles. The van der Waals surface area contributed by atoms with Crippen molar-refractivity contribution < 1.29 is 8.42 Å². The maximum Gasteiger partial charge on any atom is 0.243 e. The first-order chi connectivity index (χ1) is 8.54. The lowest BCUT2D eigenvalue weighted by Gasteiger charge is -2.38. The zero-order valence-electron chi connectivity index (χ0n) is 10.7. The van der Waals surface area contributed by atoms with Crippen LogP contribution in [0.25, 0.3) is 0 Å². The summed E-state index contributed by atoms with van der Waals surface area (Å²) in [5, 5.41) is 0. The monoisotopic (exact) mass is 265 g/mol. The van der Waals surface area contributed by atoms with Crippen molar-refractivity contribution in [1.82, 2.24) is 4.31 Å². The van der Waals surface area contributed by atoms with Gasteiger partial charge in [-0.2, -0.15) is 4.31 Å². The Hall–Kier alpha value is -0.870. The summed E-state index contributed by atoms with van der Waals surface area (Å²) in [6.07, 6.45) is 4.67. The number of nitrogens with zero attached hydrogens (tertiary/aromatic N) is 1. The van der Waals surface area contributed by atoms with E-state index in [0.29, 0.717) is 16.9 Å². The van der Waals surface area contributed by atoms with Crippen molar-refractivity contribution in [3.63, 3.8) is 0 Å². The van der Waals surface area contributed by atoms with Crippen LogP contribution in [-0.2, 0) is 10.0 Å². The van der Waals surface area contributed by atoms with E-state index in [-0.39, 0.29) is 6.04 Å². The normalized spacial score (nSPS) is 27.3. The van der Waals surface area contributed by atoms with Gasteiger partial charge in [-0.3, -0.25) is 0 Å². The van der Waals surface area contributed by atoms with E-state index in [1.807, 2.05) is 13.0 Å². The predicted octanol–water partition coefficient (Wildman–Crippen LogP) is 2.64. The van der Waals surface area contributed by atoms with Gasteiger partial charge in [0.15, 0.2) is 0 Å². The molecule has 2 fully saturated rings. The molecule has 1 spiro atoms. The Labute approximate surface area is 109 Å². The van der Waals surface area contributed by atoms with Gasteiger partial charge in [0, 0.05) is 12.6 Å². The quantitative estimate of drug-likeness (QED) is 0.824. The van der Waals surface area contributed by atoms with E-state index in [0.717, 1.165) is 6.42 Å². The Morgan fingerprint density at radius 2 is 1.89 bits per heavy atom. The molecule has 0 N–H and O–H groups in total. The third-order valence-corrected chi connectivity index (χ3v) is 6.45. The lowest BCUT2D eigenvalue weighted by atomic mass is 9.68. The number of hydrogen-bond donors (Lipinski definition) is 0. The second-order valence-corrected chi connectivity index (χ2v) is 7.66. The predicted molar refractivity (Wildman–Crippen MR) is 70.7 cm³/mol. The molecule has 2 aliphatic rings. The Balaban J connectivity index is 1.91. The zero-order chi connectivity index (χ0) is 12.8. The van der Waals surface area contributed by atoms with Gasteiger partial charge in [-0.05, 0) is 43.7 Å². The standard InChI is InChI=1S/C14H19NO2S/c1-12-10-14(8-5-9-14)11-15(12)18(16,17)13-6-3-2-4-7-13/h2-4,6-7,12H,5,8-11H2,1H3/t12-/m1/s1. The maximum atomic E-state index is 12.6. The highest BCUT2D eigenvalue weighted by molar-refractivity contribution is 7.89. The van der Waals surface area contributed by atoms with E-state index in [1.54, 1.807) is 28.6 Å². The van der Waals surface area contributed by atoms with Gasteiger partial charge in [-0.15, -0.1) is 0 Å². The molecule has 1 saturated heterocycles. The van der Waals surface area contributed by atoms with Crippen molar-refractivity contribution in [2.75, 3.05) is 6.54 Å². The fourth-order valence-electron chi connectivity index (χ4n) is 3.37. The van der Waals surface area contributed by atoms with Gasteiger partial charge in [0.05, 0.1) is 4.90 Å². The largest absolute Gasteiger partial charge is 0.243 e. The fourth-order valence-corrected chi connectivity index (χ4v) is 5.13. The van der Waals surface area contributed by atoms with Crippen LogP contribution in [0.3, 0.4) is 0 Å². The smallest absolute Gasteiger partial charge is 0.207 e. The lowest BCUT2D eigenvalue weighted by molar-refractivity contribution is 0.152. The van der Waals surface area contributed by atoms with Crippen LogP contribution in [-0.4, -0.2) is 25.3 Å². The molecule has 0 unspecified atom stereocenters. The first-order valence-corrected chi connectivity index (χ1v) is 8.05. The molecule has 0 aromatic heterocycles. The Kier molecular flexibility index (Phi) is 2.75. The molecule has 18 heavy (non-hydrogen) atoms. The Morgan fingerprint density at radius 1 is 1.22 bits per heavy atom. The van der Waals surface area contributed by atoms with Crippen LogP contribution in [0.2, 0.25) is 0 Å². The van der Waals surface area contributed by atoms with Crippen LogP contribution in [0, 0.1) is 5.41 Å². The van der Waals surface area contributed by atoms with Crippen molar-refractivity contribution >= 4 is 10.0 Å². The van der Waals surface area contributed by atoms with Crippen LogP contribution in [0.1, 0.15) is 32.6 Å². The third-order valence-electron chi connectivity index (χ3n) is 4.48. The van der Waals surface area contributed by atoms with Crippen molar-refractivity contribution in [3.8, 4) is 0 Å². The van der Waals surface area contributed by atoms with Crippen LogP contribution in [0.5, 0.6) is 0 Å². The molecule has 1 aliphatic carbocycles. The van der Waals surface area contributed by atoms with Crippen LogP contribution < -0.4 is 0 Å². The molecule has 0 bridgehead atoms. The van der Waals surface area contributed by atoms with E-state index < -0.39 is 10.0 Å². The van der Waals surface area contributed by atoms with Gasteiger partial charge >= 0.3 is 0 Å². The molecule has 0 amide bonds. The average molecular weight is 265 g/mol. The molecule has 4 heteroatoms. The van der Waals surface area contributed by atoms with Crippen LogP contribution in [0.15, 0.2) is 35.2 Å². The van der Waals surface area contributed by atoms with E-state index in [1.165, 1.54) is 19.3 Å². The average Bonchev–Trinajstić information content (AvgIpc) is 2.69. The summed E-state index contributed by atoms with van der Waals surface area (Å²) in [4.78, 5) is 0.424. The fraction of sp³-hybridized carbons (Fsp3) is 0.571. The zero-order valence-corrected chi connectivity index (χ0v) is 11.5. The first kappa shape index (κ1) is 12.2. The van der Waals surface area contributed by atoms with Crippen molar-refractivity contribution in [3.05, 3.63) is 30.3 Å². The van der Waals surface area contributed by atoms with E-state index in [4.69, 9.17) is 0 Å². The summed E-state index contributed by atoms with van der Waals surface area (Å²) in [5.41, 5.74) is 0.293. The number of benzene rings is 1. The number of sulfonamides is 1. The van der Waals surface area contributed by atoms with Gasteiger partial charge in [0.25, 0.3) is 0 Å². The Morgan fingerprint density at radius 3 is 2.39 bits per heavy atom. The van der Waals surface area contributed by atoms with Gasteiger partial charge in [-0.25, -0.2) is 8.42 Å². The number of rotatable bonds is 2. The molecule has 1 heterocycles. The van der Waals surface area contributed by atoms with Crippen molar-refractivity contribution in [2.45, 2.75) is 43.5 Å². The molecule has 1 aromatic rings. The van der Waals surface area contributed by atoms with Crippen molar-refractivity contribution in [1.29, 1.82) is 0 Å². The van der Waals surface area contributed by atoms with Gasteiger partial charge in [-0.1, -0.05) is 24.6 Å². The Bertz CT molecular complexity index is 534. The van der Waals surface area contributed by atoms with Gasteiger partial charge < -0.3 is 0 Å². The summed E-state index contributed by atoms with van der Waals surface area (Å²) in [7, 11) is -3.30. The molecule has 1 saturated carbocycles. The van der Waals surface area contributed by atoms with Crippen LogP contribution in [0.4, 0.5) is 0 Å². The summed E-state index contributed by atoms with van der Waals surface area (Å²) in [6.45, 7) is 2.75.